The zero-order valence-electron chi connectivity index (χ0n) is 12.0. The number of hydrogen-bond donors (Lipinski definition) is 0. The average Bonchev–Trinajstić information content (AvgIpc) is 2.50. The Balaban J connectivity index is 2.20. The molecule has 2 nitrogen and oxygen atoms in total. The van der Waals surface area contributed by atoms with Gasteiger partial charge in [-0.3, -0.25) is 0 Å². The van der Waals surface area contributed by atoms with Crippen molar-refractivity contribution in [1.29, 1.82) is 5.26 Å². The fourth-order valence-electron chi connectivity index (χ4n) is 3.05. The first-order valence-electron chi connectivity index (χ1n) is 7.20. The number of piperidine rings is 1. The molecule has 1 heterocycles. The SMILES string of the molecule is CCC1(CC)CCN(c2ccc(C#N)c(Br)c2F)CC1. The molecule has 0 saturated carbocycles. The molecule has 2 rings (SSSR count). The van der Waals surface area contributed by atoms with Crippen molar-refractivity contribution in [3.63, 3.8) is 0 Å². The van der Waals surface area contributed by atoms with Crippen molar-refractivity contribution < 1.29 is 4.39 Å². The smallest absolute Gasteiger partial charge is 0.161 e. The quantitative estimate of drug-likeness (QED) is 0.786. The Bertz CT molecular complexity index is 522. The molecule has 0 atom stereocenters. The van der Waals surface area contributed by atoms with Gasteiger partial charge in [-0.15, -0.1) is 0 Å². The van der Waals surface area contributed by atoms with Gasteiger partial charge in [-0.25, -0.2) is 4.39 Å². The Morgan fingerprint density at radius 1 is 1.30 bits per heavy atom. The molecule has 1 aromatic rings. The third-order valence-electron chi connectivity index (χ3n) is 4.85. The maximum Gasteiger partial charge on any atom is 0.161 e. The maximum absolute atomic E-state index is 14.4. The summed E-state index contributed by atoms with van der Waals surface area (Å²) in [6, 6.07) is 5.40. The van der Waals surface area contributed by atoms with Gasteiger partial charge in [0, 0.05) is 13.1 Å². The van der Waals surface area contributed by atoms with Gasteiger partial charge in [0.1, 0.15) is 6.07 Å². The van der Waals surface area contributed by atoms with Crippen LogP contribution in [0, 0.1) is 22.6 Å². The van der Waals surface area contributed by atoms with Crippen LogP contribution < -0.4 is 4.90 Å². The van der Waals surface area contributed by atoms with Crippen molar-refractivity contribution in [3.05, 3.63) is 28.0 Å². The van der Waals surface area contributed by atoms with Gasteiger partial charge in [-0.05, 0) is 46.3 Å². The van der Waals surface area contributed by atoms with E-state index in [1.807, 2.05) is 6.07 Å². The van der Waals surface area contributed by atoms with E-state index < -0.39 is 0 Å². The summed E-state index contributed by atoms with van der Waals surface area (Å²) in [6.07, 6.45) is 4.60. The minimum atomic E-state index is -0.315. The summed E-state index contributed by atoms with van der Waals surface area (Å²) in [5.74, 6) is -0.315. The molecule has 1 aromatic carbocycles. The molecular weight excluding hydrogens is 319 g/mol. The van der Waals surface area contributed by atoms with Crippen LogP contribution in [0.5, 0.6) is 0 Å². The highest BCUT2D eigenvalue weighted by Crippen LogP contribution is 2.40. The standard InChI is InChI=1S/C16H20BrFN2/c1-3-16(4-2)7-9-20(10-8-16)13-6-5-12(11-19)14(17)15(13)18/h5-6H,3-4,7-10H2,1-2H3. The van der Waals surface area contributed by atoms with Gasteiger partial charge in [-0.1, -0.05) is 26.7 Å². The van der Waals surface area contributed by atoms with Gasteiger partial charge >= 0.3 is 0 Å². The van der Waals surface area contributed by atoms with Crippen LogP contribution in [-0.4, -0.2) is 13.1 Å². The predicted molar refractivity (Wildman–Crippen MR) is 83.3 cm³/mol. The first kappa shape index (κ1) is 15.3. The third kappa shape index (κ3) is 2.69. The van der Waals surface area contributed by atoms with Gasteiger partial charge in [0.2, 0.25) is 0 Å². The first-order valence-corrected chi connectivity index (χ1v) is 7.99. The molecule has 0 amide bonds. The number of nitriles is 1. The molecule has 0 N–H and O–H groups in total. The molecule has 108 valence electrons. The van der Waals surface area contributed by atoms with E-state index in [0.717, 1.165) is 25.9 Å². The van der Waals surface area contributed by atoms with Crippen LogP contribution in [0.15, 0.2) is 16.6 Å². The normalized spacial score (nSPS) is 17.9. The molecule has 0 radical (unpaired) electrons. The lowest BCUT2D eigenvalue weighted by Crippen LogP contribution is -2.40. The zero-order chi connectivity index (χ0) is 14.8. The van der Waals surface area contributed by atoms with Crippen molar-refractivity contribution >= 4 is 21.6 Å². The van der Waals surface area contributed by atoms with E-state index in [1.165, 1.54) is 12.8 Å². The zero-order valence-corrected chi connectivity index (χ0v) is 13.6. The first-order chi connectivity index (χ1) is 9.56. The molecule has 1 aliphatic rings. The lowest BCUT2D eigenvalue weighted by Gasteiger charge is -2.42. The van der Waals surface area contributed by atoms with E-state index in [0.29, 0.717) is 16.7 Å². The van der Waals surface area contributed by atoms with E-state index in [2.05, 4.69) is 34.7 Å². The highest BCUT2D eigenvalue weighted by molar-refractivity contribution is 9.10. The monoisotopic (exact) mass is 338 g/mol. The molecule has 0 unspecified atom stereocenters. The molecule has 1 saturated heterocycles. The fraction of sp³-hybridized carbons (Fsp3) is 0.562. The van der Waals surface area contributed by atoms with E-state index in [1.54, 1.807) is 12.1 Å². The Morgan fingerprint density at radius 3 is 2.40 bits per heavy atom. The summed E-state index contributed by atoms with van der Waals surface area (Å²) in [4.78, 5) is 2.10. The summed E-state index contributed by atoms with van der Waals surface area (Å²) in [5, 5.41) is 8.92. The van der Waals surface area contributed by atoms with Crippen LogP contribution in [-0.2, 0) is 0 Å². The van der Waals surface area contributed by atoms with E-state index in [-0.39, 0.29) is 10.3 Å². The summed E-state index contributed by atoms with van der Waals surface area (Å²) in [5.41, 5.74) is 1.38. The molecule has 1 fully saturated rings. The Kier molecular flexibility index (Phi) is 4.70. The van der Waals surface area contributed by atoms with Crippen LogP contribution in [0.1, 0.15) is 45.1 Å². The number of nitrogens with zero attached hydrogens (tertiary/aromatic N) is 2. The molecular formula is C16H20BrFN2. The number of rotatable bonds is 3. The van der Waals surface area contributed by atoms with Crippen LogP contribution >= 0.6 is 15.9 Å². The van der Waals surface area contributed by atoms with Gasteiger partial charge in [0.25, 0.3) is 0 Å². The molecule has 4 heteroatoms. The molecule has 0 spiro atoms. The Labute approximate surface area is 128 Å². The third-order valence-corrected chi connectivity index (χ3v) is 5.62. The molecule has 20 heavy (non-hydrogen) atoms. The van der Waals surface area contributed by atoms with E-state index >= 15 is 0 Å². The summed E-state index contributed by atoms with van der Waals surface area (Å²) < 4.78 is 14.6. The average molecular weight is 339 g/mol. The van der Waals surface area contributed by atoms with Crippen molar-refractivity contribution in [2.75, 3.05) is 18.0 Å². The summed E-state index contributed by atoms with van der Waals surface area (Å²) >= 11 is 3.18. The minimum absolute atomic E-state index is 0.278. The molecule has 0 bridgehead atoms. The second kappa shape index (κ2) is 6.13. The van der Waals surface area contributed by atoms with Crippen LogP contribution in [0.2, 0.25) is 0 Å². The number of benzene rings is 1. The van der Waals surface area contributed by atoms with Crippen molar-refractivity contribution in [3.8, 4) is 6.07 Å². The van der Waals surface area contributed by atoms with Gasteiger partial charge in [0.05, 0.1) is 15.7 Å². The van der Waals surface area contributed by atoms with Crippen LogP contribution in [0.4, 0.5) is 10.1 Å². The highest BCUT2D eigenvalue weighted by atomic mass is 79.9. The predicted octanol–water partition coefficient (Wildman–Crippen LogP) is 4.87. The lowest BCUT2D eigenvalue weighted by atomic mass is 9.74. The largest absolute Gasteiger partial charge is 0.369 e. The summed E-state index contributed by atoms with van der Waals surface area (Å²) in [6.45, 7) is 6.27. The molecule has 1 aliphatic heterocycles. The van der Waals surface area contributed by atoms with Gasteiger partial charge in [0.15, 0.2) is 5.82 Å². The lowest BCUT2D eigenvalue weighted by molar-refractivity contribution is 0.199. The number of anilines is 1. The van der Waals surface area contributed by atoms with Gasteiger partial charge in [-0.2, -0.15) is 5.26 Å². The van der Waals surface area contributed by atoms with Crippen molar-refractivity contribution in [2.45, 2.75) is 39.5 Å². The van der Waals surface area contributed by atoms with Gasteiger partial charge < -0.3 is 4.90 Å². The second-order valence-electron chi connectivity index (χ2n) is 5.57. The fourth-order valence-corrected chi connectivity index (χ4v) is 3.47. The highest BCUT2D eigenvalue weighted by Gasteiger charge is 2.32. The topological polar surface area (TPSA) is 27.0 Å². The molecule has 0 aliphatic carbocycles. The number of hydrogen-bond acceptors (Lipinski definition) is 2. The summed E-state index contributed by atoms with van der Waals surface area (Å²) in [7, 11) is 0. The van der Waals surface area contributed by atoms with Crippen LogP contribution in [0.25, 0.3) is 0 Å². The van der Waals surface area contributed by atoms with E-state index in [4.69, 9.17) is 5.26 Å². The van der Waals surface area contributed by atoms with E-state index in [9.17, 15) is 4.39 Å². The Hall–Kier alpha value is -1.08. The Morgan fingerprint density at radius 2 is 1.90 bits per heavy atom. The van der Waals surface area contributed by atoms with Crippen molar-refractivity contribution in [2.24, 2.45) is 5.41 Å². The number of halogens is 2. The van der Waals surface area contributed by atoms with Crippen molar-refractivity contribution in [1.82, 2.24) is 0 Å². The maximum atomic E-state index is 14.4. The minimum Gasteiger partial charge on any atom is -0.369 e. The molecule has 0 aromatic heterocycles. The van der Waals surface area contributed by atoms with Crippen LogP contribution in [0.3, 0.4) is 0 Å². The second-order valence-corrected chi connectivity index (χ2v) is 6.36.